The van der Waals surface area contributed by atoms with Gasteiger partial charge in [0.2, 0.25) is 5.91 Å². The molecular formula is C25H31N3O3S. The third kappa shape index (κ3) is 4.67. The van der Waals surface area contributed by atoms with Crippen molar-refractivity contribution in [2.45, 2.75) is 45.7 Å². The van der Waals surface area contributed by atoms with Gasteiger partial charge in [-0.15, -0.1) is 11.3 Å². The molecule has 0 bridgehead atoms. The summed E-state index contributed by atoms with van der Waals surface area (Å²) in [6.07, 6.45) is 2.34. The summed E-state index contributed by atoms with van der Waals surface area (Å²) in [5.74, 6) is 0.952. The molecule has 1 aromatic carbocycles. The molecule has 0 saturated carbocycles. The van der Waals surface area contributed by atoms with Crippen molar-refractivity contribution in [3.05, 3.63) is 53.0 Å². The lowest BCUT2D eigenvalue weighted by atomic mass is 9.95. The van der Waals surface area contributed by atoms with E-state index >= 15 is 0 Å². The van der Waals surface area contributed by atoms with E-state index in [4.69, 9.17) is 4.74 Å². The standard InChI is InChI=1S/C25H31N3O3S/c1-4-17(2)26-23(29)19-8-11-27(12-9-19)24(30)22-15-20-10-13-32-25(20)28(22)16-18-6-5-7-21(14-18)31-3/h5-7,10,13-15,17,19H,4,8-9,11-12,16H2,1-3H3,(H,26,29). The molecule has 1 saturated heterocycles. The summed E-state index contributed by atoms with van der Waals surface area (Å²) in [7, 11) is 1.66. The molecule has 1 N–H and O–H groups in total. The zero-order chi connectivity index (χ0) is 22.7. The average Bonchev–Trinajstić information content (AvgIpc) is 3.41. The van der Waals surface area contributed by atoms with Crippen molar-refractivity contribution in [1.82, 2.24) is 14.8 Å². The van der Waals surface area contributed by atoms with Crippen LogP contribution in [0.25, 0.3) is 10.2 Å². The van der Waals surface area contributed by atoms with E-state index in [0.717, 1.165) is 28.0 Å². The molecule has 0 radical (unpaired) electrons. The first-order valence-corrected chi connectivity index (χ1v) is 12.2. The summed E-state index contributed by atoms with van der Waals surface area (Å²) in [4.78, 5) is 29.0. The van der Waals surface area contributed by atoms with E-state index in [9.17, 15) is 9.59 Å². The van der Waals surface area contributed by atoms with Crippen LogP contribution >= 0.6 is 11.3 Å². The minimum atomic E-state index is -0.0138. The van der Waals surface area contributed by atoms with Crippen LogP contribution in [0, 0.1) is 5.92 Å². The van der Waals surface area contributed by atoms with Crippen LogP contribution in [0.1, 0.15) is 49.2 Å². The summed E-state index contributed by atoms with van der Waals surface area (Å²) < 4.78 is 7.48. The van der Waals surface area contributed by atoms with Crippen molar-refractivity contribution in [3.8, 4) is 5.75 Å². The van der Waals surface area contributed by atoms with E-state index in [2.05, 4.69) is 34.3 Å². The van der Waals surface area contributed by atoms with Gasteiger partial charge in [-0.25, -0.2) is 0 Å². The second-order valence-corrected chi connectivity index (χ2v) is 9.43. The first kappa shape index (κ1) is 22.4. The number of hydrogen-bond donors (Lipinski definition) is 1. The highest BCUT2D eigenvalue weighted by Gasteiger charge is 2.30. The Bertz CT molecular complexity index is 1090. The molecule has 170 valence electrons. The number of thiophene rings is 1. The molecule has 3 aromatic rings. The number of piperidine rings is 1. The van der Waals surface area contributed by atoms with Crippen molar-refractivity contribution >= 4 is 33.4 Å². The number of benzene rings is 1. The zero-order valence-electron chi connectivity index (χ0n) is 19.0. The van der Waals surface area contributed by atoms with Crippen molar-refractivity contribution < 1.29 is 14.3 Å². The number of nitrogens with one attached hydrogen (secondary N) is 1. The van der Waals surface area contributed by atoms with Crippen molar-refractivity contribution in [3.63, 3.8) is 0 Å². The highest BCUT2D eigenvalue weighted by Crippen LogP contribution is 2.29. The van der Waals surface area contributed by atoms with E-state index in [1.54, 1.807) is 18.4 Å². The first-order valence-electron chi connectivity index (χ1n) is 11.3. The fourth-order valence-electron chi connectivity index (χ4n) is 4.23. The lowest BCUT2D eigenvalue weighted by Gasteiger charge is -2.32. The van der Waals surface area contributed by atoms with E-state index < -0.39 is 0 Å². The van der Waals surface area contributed by atoms with Gasteiger partial charge in [0.15, 0.2) is 0 Å². The molecule has 4 rings (SSSR count). The van der Waals surface area contributed by atoms with Crippen molar-refractivity contribution in [1.29, 1.82) is 0 Å². The predicted octanol–water partition coefficient (Wildman–Crippen LogP) is 4.53. The fourth-order valence-corrected chi connectivity index (χ4v) is 5.13. The van der Waals surface area contributed by atoms with Crippen LogP contribution in [0.5, 0.6) is 5.75 Å². The molecule has 2 aromatic heterocycles. The Kier molecular flexibility index (Phi) is 6.84. The van der Waals surface area contributed by atoms with Crippen LogP contribution in [0.3, 0.4) is 0 Å². The first-order chi connectivity index (χ1) is 15.5. The van der Waals surface area contributed by atoms with Gasteiger partial charge in [0.05, 0.1) is 7.11 Å². The maximum atomic E-state index is 13.5. The van der Waals surface area contributed by atoms with Gasteiger partial charge in [-0.3, -0.25) is 9.59 Å². The summed E-state index contributed by atoms with van der Waals surface area (Å²) in [6, 6.07) is 12.2. The number of methoxy groups -OCH3 is 1. The molecule has 6 nitrogen and oxygen atoms in total. The normalized spacial score (nSPS) is 15.7. The summed E-state index contributed by atoms with van der Waals surface area (Å²) in [5, 5.41) is 6.22. The number of aromatic nitrogens is 1. The number of fused-ring (bicyclic) bond motifs is 1. The van der Waals surface area contributed by atoms with Gasteiger partial charge < -0.3 is 19.5 Å². The topological polar surface area (TPSA) is 63.6 Å². The molecule has 1 fully saturated rings. The number of likely N-dealkylation sites (tertiary alicyclic amines) is 1. The summed E-state index contributed by atoms with van der Waals surface area (Å²) in [5.41, 5.74) is 1.79. The van der Waals surface area contributed by atoms with Crippen molar-refractivity contribution in [2.75, 3.05) is 20.2 Å². The number of carbonyl (C=O) groups is 2. The lowest BCUT2D eigenvalue weighted by molar-refractivity contribution is -0.126. The monoisotopic (exact) mass is 453 g/mol. The lowest BCUT2D eigenvalue weighted by Crippen LogP contribution is -2.45. The van der Waals surface area contributed by atoms with Crippen LogP contribution < -0.4 is 10.1 Å². The largest absolute Gasteiger partial charge is 0.497 e. The Morgan fingerprint density at radius 2 is 2.00 bits per heavy atom. The zero-order valence-corrected chi connectivity index (χ0v) is 19.8. The quantitative estimate of drug-likeness (QED) is 0.572. The Hall–Kier alpha value is -2.80. The van der Waals surface area contributed by atoms with Gasteiger partial charge in [-0.1, -0.05) is 19.1 Å². The molecular weight excluding hydrogens is 422 g/mol. The molecule has 32 heavy (non-hydrogen) atoms. The van der Waals surface area contributed by atoms with Crippen LogP contribution in [0.4, 0.5) is 0 Å². The minimum absolute atomic E-state index is 0.0138. The van der Waals surface area contributed by atoms with Crippen LogP contribution in [0.2, 0.25) is 0 Å². The second-order valence-electron chi connectivity index (χ2n) is 8.53. The van der Waals surface area contributed by atoms with Crippen LogP contribution in [-0.4, -0.2) is 47.5 Å². The second kappa shape index (κ2) is 9.77. The van der Waals surface area contributed by atoms with E-state index in [0.29, 0.717) is 38.2 Å². The minimum Gasteiger partial charge on any atom is -0.497 e. The highest BCUT2D eigenvalue weighted by molar-refractivity contribution is 7.16. The number of amides is 2. The molecule has 0 aliphatic carbocycles. The third-order valence-electron chi connectivity index (χ3n) is 6.35. The smallest absolute Gasteiger partial charge is 0.270 e. The summed E-state index contributed by atoms with van der Waals surface area (Å²) >= 11 is 1.65. The van der Waals surface area contributed by atoms with Gasteiger partial charge in [0.1, 0.15) is 16.3 Å². The Labute approximate surface area is 193 Å². The van der Waals surface area contributed by atoms with Gasteiger partial charge in [-0.2, -0.15) is 0 Å². The van der Waals surface area contributed by atoms with E-state index in [-0.39, 0.29) is 23.8 Å². The molecule has 1 aliphatic rings. The molecule has 1 aliphatic heterocycles. The summed E-state index contributed by atoms with van der Waals surface area (Å²) in [6.45, 7) is 5.91. The number of rotatable bonds is 7. The SMILES string of the molecule is CCC(C)NC(=O)C1CCN(C(=O)c2cc3ccsc3n2Cc2cccc(OC)c2)CC1. The Morgan fingerprint density at radius 1 is 1.22 bits per heavy atom. The molecule has 0 spiro atoms. The number of carbonyl (C=O) groups excluding carboxylic acids is 2. The number of ether oxygens (including phenoxy) is 1. The Balaban J connectivity index is 1.50. The molecule has 3 heterocycles. The van der Waals surface area contributed by atoms with Gasteiger partial charge in [0.25, 0.3) is 5.91 Å². The van der Waals surface area contributed by atoms with Gasteiger partial charge in [0, 0.05) is 37.0 Å². The molecule has 2 amide bonds. The number of hydrogen-bond acceptors (Lipinski definition) is 4. The molecule has 1 unspecified atom stereocenters. The maximum absolute atomic E-state index is 13.5. The van der Waals surface area contributed by atoms with Crippen LogP contribution in [0.15, 0.2) is 41.8 Å². The van der Waals surface area contributed by atoms with Crippen molar-refractivity contribution in [2.24, 2.45) is 5.92 Å². The van der Waals surface area contributed by atoms with E-state index in [1.807, 2.05) is 36.1 Å². The van der Waals surface area contributed by atoms with Crippen LogP contribution in [-0.2, 0) is 11.3 Å². The predicted molar refractivity (Wildman–Crippen MR) is 128 cm³/mol. The Morgan fingerprint density at radius 3 is 2.72 bits per heavy atom. The number of nitrogens with zero attached hydrogens (tertiary/aromatic N) is 2. The fraction of sp³-hybridized carbons (Fsp3) is 0.440. The average molecular weight is 454 g/mol. The van der Waals surface area contributed by atoms with Gasteiger partial charge >= 0.3 is 0 Å². The maximum Gasteiger partial charge on any atom is 0.270 e. The molecule has 1 atom stereocenters. The van der Waals surface area contributed by atoms with E-state index in [1.165, 1.54) is 0 Å². The third-order valence-corrected chi connectivity index (χ3v) is 7.30. The highest BCUT2D eigenvalue weighted by atomic mass is 32.1. The molecule has 7 heteroatoms. The van der Waals surface area contributed by atoms with Gasteiger partial charge in [-0.05, 0) is 61.4 Å².